The lowest BCUT2D eigenvalue weighted by Gasteiger charge is -2.04. The molecule has 0 saturated heterocycles. The van der Waals surface area contributed by atoms with Gasteiger partial charge in [0.05, 0.1) is 0 Å². The fourth-order valence-electron chi connectivity index (χ4n) is 1.01. The molecule has 0 N–H and O–H groups in total. The molecule has 1 atom stereocenters. The third-order valence-electron chi connectivity index (χ3n) is 1.71. The van der Waals surface area contributed by atoms with E-state index in [0.717, 1.165) is 0 Å². The van der Waals surface area contributed by atoms with Crippen molar-refractivity contribution in [1.82, 2.24) is 0 Å². The van der Waals surface area contributed by atoms with Gasteiger partial charge in [0.25, 0.3) is 0 Å². The topological polar surface area (TPSA) is 0 Å². The summed E-state index contributed by atoms with van der Waals surface area (Å²) in [4.78, 5) is 0. The minimum atomic E-state index is 0.529. The molecule has 1 unspecified atom stereocenters. The van der Waals surface area contributed by atoms with Crippen molar-refractivity contribution in [2.75, 3.05) is 0 Å². The van der Waals surface area contributed by atoms with Crippen molar-refractivity contribution in [1.29, 1.82) is 0 Å². The zero-order chi connectivity index (χ0) is 8.69. The van der Waals surface area contributed by atoms with Crippen molar-refractivity contribution in [3.05, 3.63) is 0 Å². The Labute approximate surface area is 71.4 Å². The molecule has 0 fully saturated rings. The first-order valence-electron chi connectivity index (χ1n) is 4.71. The summed E-state index contributed by atoms with van der Waals surface area (Å²) in [7, 11) is 0. The van der Waals surface area contributed by atoms with Crippen LogP contribution in [-0.2, 0) is 0 Å². The smallest absolute Gasteiger partial charge is 0.0200 e. The summed E-state index contributed by atoms with van der Waals surface area (Å²) < 4.78 is 0. The number of rotatable bonds is 3. The Kier molecular flexibility index (Phi) is 6.03. The van der Waals surface area contributed by atoms with E-state index >= 15 is 0 Å². The Hall–Kier alpha value is -0.440. The molecule has 0 saturated carbocycles. The van der Waals surface area contributed by atoms with Gasteiger partial charge in [-0.05, 0) is 12.8 Å². The second-order valence-electron chi connectivity index (χ2n) is 3.34. The Morgan fingerprint density at radius 1 is 1.09 bits per heavy atom. The molecular formula is C11H20. The van der Waals surface area contributed by atoms with E-state index in [1.807, 2.05) is 0 Å². The molecule has 0 aliphatic carbocycles. The van der Waals surface area contributed by atoms with Crippen molar-refractivity contribution in [2.45, 2.75) is 47.0 Å². The summed E-state index contributed by atoms with van der Waals surface area (Å²) in [6, 6.07) is 0. The van der Waals surface area contributed by atoms with Crippen LogP contribution in [0.2, 0.25) is 0 Å². The van der Waals surface area contributed by atoms with Crippen LogP contribution in [0.5, 0.6) is 0 Å². The third-order valence-corrected chi connectivity index (χ3v) is 1.71. The van der Waals surface area contributed by atoms with Gasteiger partial charge in [-0.1, -0.05) is 40.0 Å². The van der Waals surface area contributed by atoms with Gasteiger partial charge in [-0.2, -0.15) is 0 Å². The highest BCUT2D eigenvalue weighted by atomic mass is 14.0. The number of hydrogen-bond acceptors (Lipinski definition) is 0. The van der Waals surface area contributed by atoms with E-state index in [-0.39, 0.29) is 0 Å². The molecule has 0 bridgehead atoms. The lowest BCUT2D eigenvalue weighted by atomic mass is 10.0. The Bertz CT molecular complexity index is 134. The van der Waals surface area contributed by atoms with E-state index < -0.39 is 0 Å². The molecule has 0 rings (SSSR count). The maximum atomic E-state index is 3.32. The highest BCUT2D eigenvalue weighted by Crippen LogP contribution is 2.08. The summed E-state index contributed by atoms with van der Waals surface area (Å²) >= 11 is 0. The minimum Gasteiger partial charge on any atom is -0.100 e. The third kappa shape index (κ3) is 5.98. The zero-order valence-corrected chi connectivity index (χ0v) is 8.28. The highest BCUT2D eigenvalue weighted by molar-refractivity contribution is 5.05. The molecule has 0 aromatic rings. The van der Waals surface area contributed by atoms with Gasteiger partial charge in [-0.25, -0.2) is 0 Å². The first-order valence-corrected chi connectivity index (χ1v) is 4.71. The molecule has 0 aromatic heterocycles. The molecule has 0 aromatic carbocycles. The fourth-order valence-corrected chi connectivity index (χ4v) is 1.01. The molecule has 0 spiro atoms. The first-order chi connectivity index (χ1) is 5.20. The molecule has 64 valence electrons. The van der Waals surface area contributed by atoms with E-state index in [4.69, 9.17) is 0 Å². The molecule has 0 aliphatic rings. The molecule has 0 amide bonds. The predicted molar refractivity (Wildman–Crippen MR) is 51.3 cm³/mol. The van der Waals surface area contributed by atoms with Gasteiger partial charge in [0.2, 0.25) is 0 Å². The predicted octanol–water partition coefficient (Wildman–Crippen LogP) is 3.47. The van der Waals surface area contributed by atoms with Crippen LogP contribution in [0.25, 0.3) is 0 Å². The van der Waals surface area contributed by atoms with Crippen LogP contribution in [-0.4, -0.2) is 0 Å². The largest absolute Gasteiger partial charge is 0.100 e. The molecule has 0 nitrogen and oxygen atoms in total. The molecule has 0 aliphatic heterocycles. The van der Waals surface area contributed by atoms with Gasteiger partial charge < -0.3 is 0 Å². The van der Waals surface area contributed by atoms with Crippen molar-refractivity contribution in [3.8, 4) is 11.8 Å². The Balaban J connectivity index is 3.78. The number of hydrogen-bond donors (Lipinski definition) is 0. The second kappa shape index (κ2) is 6.28. The maximum absolute atomic E-state index is 3.32. The average molecular weight is 152 g/mol. The lowest BCUT2D eigenvalue weighted by molar-refractivity contribution is 0.580. The fraction of sp³-hybridized carbons (Fsp3) is 0.818. The summed E-state index contributed by atoms with van der Waals surface area (Å²) in [6.45, 7) is 8.73. The maximum Gasteiger partial charge on any atom is 0.0200 e. The average Bonchev–Trinajstić information content (AvgIpc) is 1.97. The van der Waals surface area contributed by atoms with Gasteiger partial charge >= 0.3 is 0 Å². The van der Waals surface area contributed by atoms with E-state index in [1.54, 1.807) is 0 Å². The summed E-state index contributed by atoms with van der Waals surface area (Å²) in [5.74, 6) is 7.72. The molecule has 0 radical (unpaired) electrons. The van der Waals surface area contributed by atoms with E-state index in [2.05, 4.69) is 39.5 Å². The van der Waals surface area contributed by atoms with Gasteiger partial charge in [0.15, 0.2) is 0 Å². The van der Waals surface area contributed by atoms with E-state index in [0.29, 0.717) is 11.8 Å². The van der Waals surface area contributed by atoms with Crippen LogP contribution in [0.3, 0.4) is 0 Å². The van der Waals surface area contributed by atoms with Crippen LogP contribution >= 0.6 is 0 Å². The van der Waals surface area contributed by atoms with Crippen molar-refractivity contribution in [3.63, 3.8) is 0 Å². The quantitative estimate of drug-likeness (QED) is 0.543. The monoisotopic (exact) mass is 152 g/mol. The Morgan fingerprint density at radius 3 is 2.09 bits per heavy atom. The molecular weight excluding hydrogens is 132 g/mol. The van der Waals surface area contributed by atoms with E-state index in [1.165, 1.54) is 19.3 Å². The van der Waals surface area contributed by atoms with Crippen molar-refractivity contribution < 1.29 is 0 Å². The van der Waals surface area contributed by atoms with E-state index in [9.17, 15) is 0 Å². The summed E-state index contributed by atoms with van der Waals surface area (Å²) in [5.41, 5.74) is 0. The first kappa shape index (κ1) is 10.6. The normalized spacial score (nSPS) is 12.5. The Morgan fingerprint density at radius 2 is 1.73 bits per heavy atom. The van der Waals surface area contributed by atoms with Crippen molar-refractivity contribution in [2.24, 2.45) is 11.8 Å². The minimum absolute atomic E-state index is 0.529. The molecule has 0 heterocycles. The van der Waals surface area contributed by atoms with Gasteiger partial charge in [0, 0.05) is 11.8 Å². The van der Waals surface area contributed by atoms with Gasteiger partial charge in [-0.3, -0.25) is 0 Å². The van der Waals surface area contributed by atoms with Crippen LogP contribution < -0.4 is 0 Å². The lowest BCUT2D eigenvalue weighted by Crippen LogP contribution is -1.94. The molecule has 0 heteroatoms. The summed E-state index contributed by atoms with van der Waals surface area (Å²) in [5, 5.41) is 0. The second-order valence-corrected chi connectivity index (χ2v) is 3.34. The van der Waals surface area contributed by atoms with Gasteiger partial charge in [-0.15, -0.1) is 5.92 Å². The van der Waals surface area contributed by atoms with Crippen LogP contribution in [0, 0.1) is 23.7 Å². The zero-order valence-electron chi connectivity index (χ0n) is 8.28. The summed E-state index contributed by atoms with van der Waals surface area (Å²) in [6.07, 6.45) is 3.72. The molecule has 11 heavy (non-hydrogen) atoms. The van der Waals surface area contributed by atoms with Crippen LogP contribution in [0.4, 0.5) is 0 Å². The van der Waals surface area contributed by atoms with Crippen LogP contribution in [0.1, 0.15) is 47.0 Å². The van der Waals surface area contributed by atoms with Crippen LogP contribution in [0.15, 0.2) is 0 Å². The highest BCUT2D eigenvalue weighted by Gasteiger charge is 1.98. The SMILES string of the molecule is CCCC(C#CC(C)C)CC. The van der Waals surface area contributed by atoms with Gasteiger partial charge in [0.1, 0.15) is 0 Å². The standard InChI is InChI=1S/C11H20/c1-5-7-11(6-2)9-8-10(3)4/h10-11H,5-7H2,1-4H3. The van der Waals surface area contributed by atoms with Crippen molar-refractivity contribution >= 4 is 0 Å².